The number of imidazole rings is 1. The van der Waals surface area contributed by atoms with Crippen molar-refractivity contribution in [1.82, 2.24) is 14.9 Å². The van der Waals surface area contributed by atoms with E-state index in [4.69, 9.17) is 0 Å². The van der Waals surface area contributed by atoms with Crippen molar-refractivity contribution in [1.29, 1.82) is 0 Å². The summed E-state index contributed by atoms with van der Waals surface area (Å²) in [5, 5.41) is 5.73. The number of thiophene rings is 1. The summed E-state index contributed by atoms with van der Waals surface area (Å²) in [6, 6.07) is 2.41. The van der Waals surface area contributed by atoms with Crippen molar-refractivity contribution in [2.24, 2.45) is 7.05 Å². The largest absolute Gasteiger partial charge is 0.336 e. The lowest BCUT2D eigenvalue weighted by Gasteiger charge is -2.18. The minimum absolute atomic E-state index is 0.209. The molecule has 0 saturated heterocycles. The molecule has 1 atom stereocenters. The molecule has 0 radical (unpaired) electrons. The molecule has 2 heterocycles. The smallest absolute Gasteiger partial charge is 0.130 e. The van der Waals surface area contributed by atoms with Crippen LogP contribution in [0.5, 0.6) is 0 Å². The summed E-state index contributed by atoms with van der Waals surface area (Å²) < 4.78 is 2.09. The van der Waals surface area contributed by atoms with Gasteiger partial charge in [0.15, 0.2) is 0 Å². The van der Waals surface area contributed by atoms with Gasteiger partial charge in [0.25, 0.3) is 0 Å². The fourth-order valence-electron chi connectivity index (χ4n) is 1.98. The number of aryl methyl sites for hydroxylation is 2. The molecule has 3 nitrogen and oxygen atoms in total. The van der Waals surface area contributed by atoms with E-state index < -0.39 is 0 Å². The van der Waals surface area contributed by atoms with Gasteiger partial charge >= 0.3 is 0 Å². The van der Waals surface area contributed by atoms with E-state index in [1.165, 1.54) is 10.4 Å². The summed E-state index contributed by atoms with van der Waals surface area (Å²) in [5.41, 5.74) is 1.35. The summed E-state index contributed by atoms with van der Waals surface area (Å²) in [4.78, 5) is 5.83. The summed E-state index contributed by atoms with van der Waals surface area (Å²) >= 11 is 1.79. The van der Waals surface area contributed by atoms with E-state index in [9.17, 15) is 0 Å². The molecule has 0 amide bonds. The van der Waals surface area contributed by atoms with Crippen molar-refractivity contribution >= 4 is 11.3 Å². The number of hydrogen-bond acceptors (Lipinski definition) is 3. The third-order valence-corrected chi connectivity index (χ3v) is 3.79. The predicted octanol–water partition coefficient (Wildman–Crippen LogP) is 2.88. The lowest BCUT2D eigenvalue weighted by atomic mass is 10.1. The van der Waals surface area contributed by atoms with Crippen LogP contribution in [0.3, 0.4) is 0 Å². The number of nitrogens with one attached hydrogen (secondary N) is 1. The first kappa shape index (κ1) is 12.3. The molecule has 1 unspecified atom stereocenters. The maximum atomic E-state index is 4.47. The Labute approximate surface area is 107 Å². The molecule has 2 aromatic rings. The normalized spacial score (nSPS) is 12.9. The molecule has 92 valence electrons. The van der Waals surface area contributed by atoms with Gasteiger partial charge in [-0.05, 0) is 36.9 Å². The molecule has 0 fully saturated rings. The first-order valence-corrected chi connectivity index (χ1v) is 6.86. The average Bonchev–Trinajstić information content (AvgIpc) is 2.90. The second-order valence-corrected chi connectivity index (χ2v) is 5.34. The van der Waals surface area contributed by atoms with Gasteiger partial charge < -0.3 is 9.88 Å². The highest BCUT2D eigenvalue weighted by Gasteiger charge is 2.19. The Hall–Kier alpha value is -1.13. The molecule has 0 aromatic carbocycles. The second kappa shape index (κ2) is 5.47. The van der Waals surface area contributed by atoms with Gasteiger partial charge in [-0.15, -0.1) is 11.3 Å². The van der Waals surface area contributed by atoms with Gasteiger partial charge in [0, 0.05) is 24.3 Å². The van der Waals surface area contributed by atoms with Crippen LogP contribution in [0.4, 0.5) is 0 Å². The van der Waals surface area contributed by atoms with Crippen LogP contribution >= 0.6 is 11.3 Å². The van der Waals surface area contributed by atoms with E-state index in [0.717, 1.165) is 18.8 Å². The number of aromatic nitrogens is 2. The Morgan fingerprint density at radius 2 is 2.35 bits per heavy atom. The van der Waals surface area contributed by atoms with Gasteiger partial charge in [-0.1, -0.05) is 6.92 Å². The SMILES string of the molecule is CCCNC(c1ccsc1C)c1nccn1C. The van der Waals surface area contributed by atoms with E-state index in [2.05, 4.69) is 40.2 Å². The molecule has 0 aliphatic carbocycles. The molecule has 17 heavy (non-hydrogen) atoms. The molecule has 0 aliphatic heterocycles. The zero-order valence-corrected chi connectivity index (χ0v) is 11.4. The Kier molecular flexibility index (Phi) is 3.97. The van der Waals surface area contributed by atoms with Gasteiger partial charge in [-0.25, -0.2) is 4.98 Å². The third-order valence-electron chi connectivity index (χ3n) is 2.93. The minimum Gasteiger partial charge on any atom is -0.336 e. The van der Waals surface area contributed by atoms with Crippen LogP contribution in [0.2, 0.25) is 0 Å². The molecule has 2 aromatic heterocycles. The second-order valence-electron chi connectivity index (χ2n) is 4.22. The van der Waals surface area contributed by atoms with Crippen LogP contribution in [0.25, 0.3) is 0 Å². The number of rotatable bonds is 5. The van der Waals surface area contributed by atoms with Crippen LogP contribution < -0.4 is 5.32 Å². The standard InChI is InChI=1S/C13H19N3S/c1-4-6-14-12(11-5-9-17-10(11)2)13-15-7-8-16(13)3/h5,7-9,12,14H,4,6H2,1-3H3. The minimum atomic E-state index is 0.209. The Morgan fingerprint density at radius 3 is 2.88 bits per heavy atom. The Morgan fingerprint density at radius 1 is 1.53 bits per heavy atom. The molecule has 0 aliphatic rings. The zero-order chi connectivity index (χ0) is 12.3. The quantitative estimate of drug-likeness (QED) is 0.883. The highest BCUT2D eigenvalue weighted by atomic mass is 32.1. The van der Waals surface area contributed by atoms with Crippen molar-refractivity contribution < 1.29 is 0 Å². The van der Waals surface area contributed by atoms with E-state index in [1.807, 2.05) is 19.4 Å². The summed E-state index contributed by atoms with van der Waals surface area (Å²) in [6.45, 7) is 5.36. The van der Waals surface area contributed by atoms with Crippen LogP contribution in [-0.2, 0) is 7.05 Å². The van der Waals surface area contributed by atoms with E-state index >= 15 is 0 Å². The van der Waals surface area contributed by atoms with Gasteiger partial charge in [-0.2, -0.15) is 0 Å². The maximum absolute atomic E-state index is 4.47. The molecule has 2 rings (SSSR count). The van der Waals surface area contributed by atoms with Crippen LogP contribution in [0.1, 0.15) is 35.7 Å². The summed E-state index contributed by atoms with van der Waals surface area (Å²) in [6.07, 6.45) is 4.99. The number of nitrogens with zero attached hydrogens (tertiary/aromatic N) is 2. The zero-order valence-electron chi connectivity index (χ0n) is 10.6. The molecule has 0 spiro atoms. The topological polar surface area (TPSA) is 29.9 Å². The molecular weight excluding hydrogens is 230 g/mol. The molecule has 4 heteroatoms. The first-order valence-electron chi connectivity index (χ1n) is 5.98. The van der Waals surface area contributed by atoms with Crippen molar-refractivity contribution in [3.05, 3.63) is 40.1 Å². The highest BCUT2D eigenvalue weighted by Crippen LogP contribution is 2.26. The fraction of sp³-hybridized carbons (Fsp3) is 0.462. The van der Waals surface area contributed by atoms with Crippen LogP contribution in [-0.4, -0.2) is 16.1 Å². The molecule has 1 N–H and O–H groups in total. The maximum Gasteiger partial charge on any atom is 0.130 e. The predicted molar refractivity (Wildman–Crippen MR) is 72.4 cm³/mol. The van der Waals surface area contributed by atoms with Crippen molar-refractivity contribution in [3.8, 4) is 0 Å². The highest BCUT2D eigenvalue weighted by molar-refractivity contribution is 7.10. The monoisotopic (exact) mass is 249 g/mol. The van der Waals surface area contributed by atoms with Crippen LogP contribution in [0, 0.1) is 6.92 Å². The van der Waals surface area contributed by atoms with E-state index in [1.54, 1.807) is 11.3 Å². The van der Waals surface area contributed by atoms with Gasteiger partial charge in [0.1, 0.15) is 5.82 Å². The van der Waals surface area contributed by atoms with E-state index in [0.29, 0.717) is 0 Å². The third kappa shape index (κ3) is 2.58. The average molecular weight is 249 g/mol. The van der Waals surface area contributed by atoms with E-state index in [-0.39, 0.29) is 6.04 Å². The Balaban J connectivity index is 2.32. The molecule has 0 saturated carbocycles. The first-order chi connectivity index (χ1) is 8.24. The Bertz CT molecular complexity index is 432. The van der Waals surface area contributed by atoms with Crippen molar-refractivity contribution in [2.45, 2.75) is 26.3 Å². The van der Waals surface area contributed by atoms with Gasteiger partial charge in [0.2, 0.25) is 0 Å². The van der Waals surface area contributed by atoms with Gasteiger partial charge in [-0.3, -0.25) is 0 Å². The summed E-state index contributed by atoms with van der Waals surface area (Å²) in [5.74, 6) is 1.08. The van der Waals surface area contributed by atoms with Crippen LogP contribution in [0.15, 0.2) is 23.8 Å². The lowest BCUT2D eigenvalue weighted by molar-refractivity contribution is 0.555. The molecular formula is C13H19N3S. The fourth-order valence-corrected chi connectivity index (χ4v) is 2.72. The lowest BCUT2D eigenvalue weighted by Crippen LogP contribution is -2.25. The van der Waals surface area contributed by atoms with Crippen molar-refractivity contribution in [2.75, 3.05) is 6.54 Å². The van der Waals surface area contributed by atoms with Crippen molar-refractivity contribution in [3.63, 3.8) is 0 Å². The summed E-state index contributed by atoms with van der Waals surface area (Å²) in [7, 11) is 2.05. The molecule has 0 bridgehead atoms. The number of hydrogen-bond donors (Lipinski definition) is 1. The van der Waals surface area contributed by atoms with Gasteiger partial charge in [0.05, 0.1) is 6.04 Å².